The Labute approximate surface area is 102 Å². The predicted octanol–water partition coefficient (Wildman–Crippen LogP) is 0.257. The van der Waals surface area contributed by atoms with Crippen molar-refractivity contribution in [1.82, 2.24) is 9.79 Å². The Morgan fingerprint density at radius 1 is 1.41 bits per heavy atom. The minimum atomic E-state index is -3.33. The quantitative estimate of drug-likeness (QED) is 0.742. The van der Waals surface area contributed by atoms with Gasteiger partial charge in [-0.3, -0.25) is 9.63 Å². The Morgan fingerprint density at radius 2 is 2.00 bits per heavy atom. The van der Waals surface area contributed by atoms with Crippen LogP contribution >= 0.6 is 0 Å². The first-order valence-electron chi connectivity index (χ1n) is 5.56. The number of nitrogens with one attached hydrogen (secondary N) is 1. The molecule has 6 nitrogen and oxygen atoms in total. The molecule has 1 aliphatic rings. The summed E-state index contributed by atoms with van der Waals surface area (Å²) in [6.07, 6.45) is 2.34. The van der Waals surface area contributed by atoms with Gasteiger partial charge in [-0.15, -0.1) is 0 Å². The molecule has 0 aromatic heterocycles. The Morgan fingerprint density at radius 3 is 2.47 bits per heavy atom. The Bertz CT molecular complexity index is 386. The van der Waals surface area contributed by atoms with Gasteiger partial charge in [-0.2, -0.15) is 4.31 Å². The number of hydroxylamine groups is 1. The molecule has 1 heterocycles. The van der Waals surface area contributed by atoms with E-state index in [1.807, 2.05) is 0 Å². The molecule has 1 unspecified atom stereocenters. The van der Waals surface area contributed by atoms with Gasteiger partial charge in [0.15, 0.2) is 0 Å². The number of amides is 1. The van der Waals surface area contributed by atoms with Crippen LogP contribution in [0.1, 0.15) is 33.6 Å². The number of hydrogen-bond acceptors (Lipinski definition) is 4. The van der Waals surface area contributed by atoms with Crippen LogP contribution in [-0.4, -0.2) is 43.1 Å². The molecule has 17 heavy (non-hydrogen) atoms. The molecule has 1 N–H and O–H groups in total. The van der Waals surface area contributed by atoms with Crippen LogP contribution in [0.3, 0.4) is 0 Å². The van der Waals surface area contributed by atoms with Gasteiger partial charge in [-0.25, -0.2) is 13.9 Å². The molecular weight excluding hydrogens is 244 g/mol. The summed E-state index contributed by atoms with van der Waals surface area (Å²) in [5.41, 5.74) is 1.83. The predicted molar refractivity (Wildman–Crippen MR) is 63.6 cm³/mol. The molecule has 1 fully saturated rings. The zero-order valence-electron chi connectivity index (χ0n) is 10.7. The standard InChI is InChI=1S/C10H20N2O4S/c1-10(2,3)16-11-9(13)8-6-5-7-12(8)17(4,14)15/h8H,5-7H2,1-4H3,(H,11,13). The third-order valence-corrected chi connectivity index (χ3v) is 3.68. The normalized spacial score (nSPS) is 22.7. The summed E-state index contributed by atoms with van der Waals surface area (Å²) < 4.78 is 24.1. The Balaban J connectivity index is 2.63. The van der Waals surface area contributed by atoms with Crippen molar-refractivity contribution in [2.45, 2.75) is 45.3 Å². The minimum Gasteiger partial charge on any atom is -0.271 e. The van der Waals surface area contributed by atoms with E-state index in [9.17, 15) is 13.2 Å². The highest BCUT2D eigenvalue weighted by Crippen LogP contribution is 2.20. The molecule has 0 aliphatic carbocycles. The Kier molecular flexibility index (Phi) is 4.16. The van der Waals surface area contributed by atoms with Crippen molar-refractivity contribution in [2.75, 3.05) is 12.8 Å². The van der Waals surface area contributed by atoms with Crippen molar-refractivity contribution in [3.8, 4) is 0 Å². The van der Waals surface area contributed by atoms with Crippen molar-refractivity contribution in [2.24, 2.45) is 0 Å². The average Bonchev–Trinajstić information content (AvgIpc) is 2.60. The summed E-state index contributed by atoms with van der Waals surface area (Å²) in [4.78, 5) is 17.0. The second-order valence-electron chi connectivity index (χ2n) is 5.21. The third kappa shape index (κ3) is 4.25. The summed E-state index contributed by atoms with van der Waals surface area (Å²) in [7, 11) is -3.33. The van der Waals surface area contributed by atoms with Crippen LogP contribution in [0.5, 0.6) is 0 Å². The van der Waals surface area contributed by atoms with Crippen molar-refractivity contribution >= 4 is 15.9 Å². The number of carbonyl (C=O) groups excluding carboxylic acids is 1. The lowest BCUT2D eigenvalue weighted by Gasteiger charge is -2.24. The summed E-state index contributed by atoms with van der Waals surface area (Å²) in [5, 5.41) is 0. The second-order valence-corrected chi connectivity index (χ2v) is 7.15. The second kappa shape index (κ2) is 4.91. The fraction of sp³-hybridized carbons (Fsp3) is 0.900. The Hall–Kier alpha value is -0.660. The highest BCUT2D eigenvalue weighted by Gasteiger charge is 2.36. The molecule has 7 heteroatoms. The molecular formula is C10H20N2O4S. The largest absolute Gasteiger partial charge is 0.271 e. The van der Waals surface area contributed by atoms with Gasteiger partial charge in [0.1, 0.15) is 6.04 Å². The average molecular weight is 264 g/mol. The van der Waals surface area contributed by atoms with Crippen molar-refractivity contribution in [3.63, 3.8) is 0 Å². The van der Waals surface area contributed by atoms with E-state index in [2.05, 4.69) is 5.48 Å². The highest BCUT2D eigenvalue weighted by atomic mass is 32.2. The van der Waals surface area contributed by atoms with Gasteiger partial charge < -0.3 is 0 Å². The van der Waals surface area contributed by atoms with E-state index < -0.39 is 27.6 Å². The molecule has 1 atom stereocenters. The molecule has 0 aromatic rings. The lowest BCUT2D eigenvalue weighted by molar-refractivity contribution is -0.148. The van der Waals surface area contributed by atoms with Gasteiger partial charge >= 0.3 is 0 Å². The summed E-state index contributed by atoms with van der Waals surface area (Å²) >= 11 is 0. The van der Waals surface area contributed by atoms with Gasteiger partial charge in [-0.05, 0) is 33.6 Å². The zero-order valence-corrected chi connectivity index (χ0v) is 11.5. The number of nitrogens with zero attached hydrogens (tertiary/aromatic N) is 1. The maximum atomic E-state index is 11.8. The first-order valence-corrected chi connectivity index (χ1v) is 7.41. The first kappa shape index (κ1) is 14.4. The van der Waals surface area contributed by atoms with Crippen LogP contribution in [-0.2, 0) is 19.7 Å². The van der Waals surface area contributed by atoms with E-state index in [4.69, 9.17) is 4.84 Å². The lowest BCUT2D eigenvalue weighted by atomic mass is 10.2. The van der Waals surface area contributed by atoms with E-state index in [1.165, 1.54) is 4.31 Å². The van der Waals surface area contributed by atoms with Crippen molar-refractivity contribution in [1.29, 1.82) is 0 Å². The van der Waals surface area contributed by atoms with Gasteiger partial charge in [0, 0.05) is 6.54 Å². The molecule has 1 amide bonds. The molecule has 0 spiro atoms. The maximum Gasteiger partial charge on any atom is 0.261 e. The first-order chi connectivity index (χ1) is 7.61. The molecule has 0 radical (unpaired) electrons. The maximum absolute atomic E-state index is 11.8. The third-order valence-electron chi connectivity index (χ3n) is 2.39. The molecule has 1 aliphatic heterocycles. The molecule has 0 bridgehead atoms. The van der Waals surface area contributed by atoms with E-state index >= 15 is 0 Å². The smallest absolute Gasteiger partial charge is 0.261 e. The molecule has 0 aromatic carbocycles. The van der Waals surface area contributed by atoms with Crippen LogP contribution in [0.25, 0.3) is 0 Å². The number of hydrogen-bond donors (Lipinski definition) is 1. The summed E-state index contributed by atoms with van der Waals surface area (Å²) in [6, 6.07) is -0.646. The molecule has 0 saturated carbocycles. The van der Waals surface area contributed by atoms with E-state index in [0.717, 1.165) is 6.26 Å². The van der Waals surface area contributed by atoms with Crippen molar-refractivity contribution in [3.05, 3.63) is 0 Å². The fourth-order valence-corrected chi connectivity index (χ4v) is 2.79. The van der Waals surface area contributed by atoms with Crippen LogP contribution in [0.15, 0.2) is 0 Å². The van der Waals surface area contributed by atoms with Crippen LogP contribution in [0.4, 0.5) is 0 Å². The SMILES string of the molecule is CC(C)(C)ONC(=O)C1CCCN1S(C)(=O)=O. The minimum absolute atomic E-state index is 0.395. The number of rotatable bonds is 3. The van der Waals surface area contributed by atoms with E-state index in [0.29, 0.717) is 19.4 Å². The van der Waals surface area contributed by atoms with Crippen LogP contribution in [0, 0.1) is 0 Å². The molecule has 1 rings (SSSR count). The van der Waals surface area contributed by atoms with Crippen molar-refractivity contribution < 1.29 is 18.0 Å². The zero-order chi connectivity index (χ0) is 13.3. The van der Waals surface area contributed by atoms with Gasteiger partial charge in [0.05, 0.1) is 11.9 Å². The summed E-state index contributed by atoms with van der Waals surface area (Å²) in [5.74, 6) is -0.400. The summed E-state index contributed by atoms with van der Waals surface area (Å²) in [6.45, 7) is 5.80. The fourth-order valence-electron chi connectivity index (χ4n) is 1.67. The van der Waals surface area contributed by atoms with Gasteiger partial charge in [-0.1, -0.05) is 0 Å². The van der Waals surface area contributed by atoms with Crippen LogP contribution in [0.2, 0.25) is 0 Å². The van der Waals surface area contributed by atoms with Gasteiger partial charge in [0.25, 0.3) is 5.91 Å². The topological polar surface area (TPSA) is 75.7 Å². The monoisotopic (exact) mass is 264 g/mol. The molecule has 100 valence electrons. The van der Waals surface area contributed by atoms with E-state index in [-0.39, 0.29) is 0 Å². The molecule has 1 saturated heterocycles. The van der Waals surface area contributed by atoms with Gasteiger partial charge in [0.2, 0.25) is 10.0 Å². The highest BCUT2D eigenvalue weighted by molar-refractivity contribution is 7.88. The van der Waals surface area contributed by atoms with Crippen LogP contribution < -0.4 is 5.48 Å². The lowest BCUT2D eigenvalue weighted by Crippen LogP contribution is -2.47. The number of sulfonamides is 1. The van der Waals surface area contributed by atoms with E-state index in [1.54, 1.807) is 20.8 Å². The number of carbonyl (C=O) groups is 1.